The maximum absolute atomic E-state index is 11.9. The van der Waals surface area contributed by atoms with E-state index in [2.05, 4.69) is 43.2 Å². The Morgan fingerprint density at radius 2 is 2.05 bits per heavy atom. The summed E-state index contributed by atoms with van der Waals surface area (Å²) in [6.07, 6.45) is 4.40. The van der Waals surface area contributed by atoms with Gasteiger partial charge in [0.2, 0.25) is 5.91 Å². The number of rotatable bonds is 6. The topological polar surface area (TPSA) is 44.9 Å². The number of aryl methyl sites for hydroxylation is 1. The molecule has 0 radical (unpaired) electrons. The monoisotopic (exact) mass is 272 g/mol. The molecule has 1 aromatic heterocycles. The molecule has 3 heteroatoms. The molecule has 0 saturated heterocycles. The number of hydrogen-bond donors (Lipinski definition) is 2. The van der Waals surface area contributed by atoms with Crippen molar-refractivity contribution in [3.63, 3.8) is 0 Å². The van der Waals surface area contributed by atoms with Crippen LogP contribution in [0.4, 0.5) is 0 Å². The van der Waals surface area contributed by atoms with Crippen LogP contribution < -0.4 is 5.32 Å². The normalized spacial score (nSPS) is 11.8. The lowest BCUT2D eigenvalue weighted by molar-refractivity contribution is -0.121. The molecule has 1 amide bonds. The number of amides is 1. The molecule has 0 aliphatic heterocycles. The second kappa shape index (κ2) is 6.12. The summed E-state index contributed by atoms with van der Waals surface area (Å²) in [6, 6.07) is 8.20. The first-order chi connectivity index (χ1) is 9.52. The third-order valence-electron chi connectivity index (χ3n) is 4.02. The van der Waals surface area contributed by atoms with Gasteiger partial charge in [0.25, 0.3) is 0 Å². The molecule has 0 unspecified atom stereocenters. The number of carbonyl (C=O) groups is 1. The number of aromatic amines is 1. The number of nitrogens with one attached hydrogen (secondary N) is 2. The Kier molecular flexibility index (Phi) is 4.48. The SMILES string of the molecule is CCC(C)(C)CNC(=O)CCc1c[nH]c2ccccc12. The first-order valence-electron chi connectivity index (χ1n) is 7.33. The summed E-state index contributed by atoms with van der Waals surface area (Å²) in [4.78, 5) is 15.2. The third kappa shape index (κ3) is 3.62. The highest BCUT2D eigenvalue weighted by atomic mass is 16.1. The number of hydrogen-bond acceptors (Lipinski definition) is 1. The quantitative estimate of drug-likeness (QED) is 0.828. The summed E-state index contributed by atoms with van der Waals surface area (Å²) in [5.41, 5.74) is 2.52. The minimum Gasteiger partial charge on any atom is -0.361 e. The lowest BCUT2D eigenvalue weighted by atomic mass is 9.90. The lowest BCUT2D eigenvalue weighted by Gasteiger charge is -2.22. The first-order valence-corrected chi connectivity index (χ1v) is 7.33. The fraction of sp³-hybridized carbons (Fsp3) is 0.471. The Bertz CT molecular complexity index is 583. The van der Waals surface area contributed by atoms with Crippen LogP contribution in [0, 0.1) is 5.41 Å². The van der Waals surface area contributed by atoms with Gasteiger partial charge in [-0.25, -0.2) is 0 Å². The predicted octanol–water partition coefficient (Wildman–Crippen LogP) is 3.65. The van der Waals surface area contributed by atoms with Gasteiger partial charge in [-0.1, -0.05) is 39.0 Å². The molecule has 0 spiro atoms. The summed E-state index contributed by atoms with van der Waals surface area (Å²) < 4.78 is 0. The maximum Gasteiger partial charge on any atom is 0.220 e. The molecule has 108 valence electrons. The van der Waals surface area contributed by atoms with Crippen molar-refractivity contribution in [1.82, 2.24) is 10.3 Å². The summed E-state index contributed by atoms with van der Waals surface area (Å²) in [6.45, 7) is 7.24. The Hall–Kier alpha value is -1.77. The van der Waals surface area contributed by atoms with Gasteiger partial charge in [-0.3, -0.25) is 4.79 Å². The molecule has 0 aliphatic carbocycles. The van der Waals surface area contributed by atoms with Crippen LogP contribution in [0.25, 0.3) is 10.9 Å². The van der Waals surface area contributed by atoms with Crippen LogP contribution in [0.5, 0.6) is 0 Å². The Morgan fingerprint density at radius 1 is 1.30 bits per heavy atom. The highest BCUT2D eigenvalue weighted by Gasteiger charge is 2.16. The smallest absolute Gasteiger partial charge is 0.220 e. The van der Waals surface area contributed by atoms with Crippen LogP contribution >= 0.6 is 0 Å². The average Bonchev–Trinajstić information content (AvgIpc) is 2.86. The number of aromatic nitrogens is 1. The molecule has 0 bridgehead atoms. The number of carbonyl (C=O) groups excluding carboxylic acids is 1. The molecule has 2 rings (SSSR count). The fourth-order valence-electron chi connectivity index (χ4n) is 2.14. The van der Waals surface area contributed by atoms with E-state index in [0.717, 1.165) is 24.9 Å². The second-order valence-electron chi connectivity index (χ2n) is 6.15. The molecule has 0 fully saturated rings. The van der Waals surface area contributed by atoms with E-state index < -0.39 is 0 Å². The number of para-hydroxylation sites is 1. The average molecular weight is 272 g/mol. The molecular weight excluding hydrogens is 248 g/mol. The van der Waals surface area contributed by atoms with E-state index in [4.69, 9.17) is 0 Å². The highest BCUT2D eigenvalue weighted by Crippen LogP contribution is 2.20. The van der Waals surface area contributed by atoms with E-state index in [1.165, 1.54) is 10.9 Å². The van der Waals surface area contributed by atoms with Gasteiger partial charge in [-0.2, -0.15) is 0 Å². The molecule has 2 aromatic rings. The van der Waals surface area contributed by atoms with Crippen LogP contribution in [0.2, 0.25) is 0 Å². The summed E-state index contributed by atoms with van der Waals surface area (Å²) in [7, 11) is 0. The van der Waals surface area contributed by atoms with Crippen molar-refractivity contribution in [2.75, 3.05) is 6.54 Å². The van der Waals surface area contributed by atoms with Crippen molar-refractivity contribution in [3.8, 4) is 0 Å². The summed E-state index contributed by atoms with van der Waals surface area (Å²) in [5.74, 6) is 0.136. The van der Waals surface area contributed by atoms with Gasteiger partial charge in [-0.05, 0) is 29.9 Å². The van der Waals surface area contributed by atoms with E-state index in [1.54, 1.807) is 0 Å². The minimum atomic E-state index is 0.136. The Balaban J connectivity index is 1.87. The standard InChI is InChI=1S/C17H24N2O/c1-4-17(2,3)12-19-16(20)10-9-13-11-18-15-8-6-5-7-14(13)15/h5-8,11,18H,4,9-10,12H2,1-3H3,(H,19,20). The Labute approximate surface area is 120 Å². The van der Waals surface area contributed by atoms with E-state index in [9.17, 15) is 4.79 Å². The van der Waals surface area contributed by atoms with Crippen LogP contribution in [-0.4, -0.2) is 17.4 Å². The zero-order valence-corrected chi connectivity index (χ0v) is 12.6. The van der Waals surface area contributed by atoms with Gasteiger partial charge in [-0.15, -0.1) is 0 Å². The fourth-order valence-corrected chi connectivity index (χ4v) is 2.14. The van der Waals surface area contributed by atoms with Gasteiger partial charge in [0.15, 0.2) is 0 Å². The van der Waals surface area contributed by atoms with Crippen molar-refractivity contribution in [1.29, 1.82) is 0 Å². The summed E-state index contributed by atoms with van der Waals surface area (Å²) in [5, 5.41) is 4.25. The van der Waals surface area contributed by atoms with E-state index in [1.807, 2.05) is 18.3 Å². The van der Waals surface area contributed by atoms with Crippen LogP contribution in [0.3, 0.4) is 0 Å². The van der Waals surface area contributed by atoms with E-state index in [-0.39, 0.29) is 11.3 Å². The van der Waals surface area contributed by atoms with Gasteiger partial charge >= 0.3 is 0 Å². The van der Waals surface area contributed by atoms with Crippen molar-refractivity contribution in [3.05, 3.63) is 36.0 Å². The highest BCUT2D eigenvalue weighted by molar-refractivity contribution is 5.84. The van der Waals surface area contributed by atoms with Crippen molar-refractivity contribution >= 4 is 16.8 Å². The van der Waals surface area contributed by atoms with E-state index >= 15 is 0 Å². The number of H-pyrrole nitrogens is 1. The van der Waals surface area contributed by atoms with Crippen molar-refractivity contribution in [2.24, 2.45) is 5.41 Å². The predicted molar refractivity (Wildman–Crippen MR) is 83.7 cm³/mol. The lowest BCUT2D eigenvalue weighted by Crippen LogP contribution is -2.33. The summed E-state index contributed by atoms with van der Waals surface area (Å²) >= 11 is 0. The zero-order chi connectivity index (χ0) is 14.6. The van der Waals surface area contributed by atoms with Crippen LogP contribution in [0.1, 0.15) is 39.2 Å². The second-order valence-corrected chi connectivity index (χ2v) is 6.15. The van der Waals surface area contributed by atoms with Crippen LogP contribution in [0.15, 0.2) is 30.5 Å². The molecule has 1 heterocycles. The molecule has 20 heavy (non-hydrogen) atoms. The molecule has 3 nitrogen and oxygen atoms in total. The maximum atomic E-state index is 11.9. The van der Waals surface area contributed by atoms with Crippen molar-refractivity contribution in [2.45, 2.75) is 40.0 Å². The molecule has 0 saturated carbocycles. The van der Waals surface area contributed by atoms with Crippen LogP contribution in [-0.2, 0) is 11.2 Å². The molecule has 0 atom stereocenters. The largest absolute Gasteiger partial charge is 0.361 e. The van der Waals surface area contributed by atoms with Gasteiger partial charge in [0, 0.05) is 30.1 Å². The molecule has 0 aliphatic rings. The Morgan fingerprint density at radius 3 is 2.80 bits per heavy atom. The zero-order valence-electron chi connectivity index (χ0n) is 12.6. The molecule has 1 aromatic carbocycles. The number of fused-ring (bicyclic) bond motifs is 1. The number of benzene rings is 1. The first kappa shape index (κ1) is 14.6. The third-order valence-corrected chi connectivity index (χ3v) is 4.02. The van der Waals surface area contributed by atoms with Gasteiger partial charge in [0.05, 0.1) is 0 Å². The molecule has 2 N–H and O–H groups in total. The van der Waals surface area contributed by atoms with Gasteiger partial charge in [0.1, 0.15) is 0 Å². The van der Waals surface area contributed by atoms with Crippen molar-refractivity contribution < 1.29 is 4.79 Å². The van der Waals surface area contributed by atoms with Gasteiger partial charge < -0.3 is 10.3 Å². The minimum absolute atomic E-state index is 0.136. The van der Waals surface area contributed by atoms with E-state index in [0.29, 0.717) is 6.42 Å². The molecular formula is C17H24N2O.